The Morgan fingerprint density at radius 3 is 1.11 bits per heavy atom. The van der Waals surface area contributed by atoms with Gasteiger partial charge in [-0.3, -0.25) is 0 Å². The topological polar surface area (TPSA) is 26.0 Å². The first-order valence-electron chi connectivity index (χ1n) is 7.97. The van der Waals surface area contributed by atoms with Crippen LogP contribution in [0.5, 0.6) is 0 Å². The monoisotopic (exact) mass is 369 g/mol. The highest BCUT2D eigenvalue weighted by Gasteiger charge is 2.22. The fourth-order valence-electron chi connectivity index (χ4n) is 2.56. The number of hydrogen-bond donors (Lipinski definition) is 1. The normalized spacial score (nSPS) is 11.3. The lowest BCUT2D eigenvalue weighted by Crippen LogP contribution is -2.39. The summed E-state index contributed by atoms with van der Waals surface area (Å²) in [5.41, 5.74) is 6.77. The lowest BCUT2D eigenvalue weighted by atomic mass is 9.83. The maximum absolute atomic E-state index is 6.62. The summed E-state index contributed by atoms with van der Waals surface area (Å²) < 4.78 is 0. The zero-order chi connectivity index (χ0) is 13.0. The van der Waals surface area contributed by atoms with Crippen LogP contribution >= 0.6 is 24.0 Å². The summed E-state index contributed by atoms with van der Waals surface area (Å²) in [6.07, 6.45) is 15.7. The van der Waals surface area contributed by atoms with Gasteiger partial charge in [0.1, 0.15) is 0 Å². The number of hydrogen-bond acceptors (Lipinski definition) is 1. The summed E-state index contributed by atoms with van der Waals surface area (Å²) >= 11 is 0. The van der Waals surface area contributed by atoms with E-state index in [1.165, 1.54) is 77.0 Å². The average Bonchev–Trinajstić information content (AvgIpc) is 2.30. The lowest BCUT2D eigenvalue weighted by molar-refractivity contribution is 0.306. The molecule has 18 heavy (non-hydrogen) atoms. The van der Waals surface area contributed by atoms with Crippen LogP contribution in [0.3, 0.4) is 0 Å². The summed E-state index contributed by atoms with van der Waals surface area (Å²) in [5, 5.41) is 0. The molecule has 2 heteroatoms. The molecule has 0 aromatic heterocycles. The van der Waals surface area contributed by atoms with Crippen LogP contribution in [0.4, 0.5) is 0 Å². The first-order chi connectivity index (χ1) is 8.18. The van der Waals surface area contributed by atoms with E-state index in [4.69, 9.17) is 5.73 Å². The van der Waals surface area contributed by atoms with Gasteiger partial charge in [0, 0.05) is 5.54 Å². The third-order valence-electron chi connectivity index (χ3n) is 3.83. The Kier molecular flexibility index (Phi) is 16.5. The average molecular weight is 369 g/mol. The molecule has 0 rings (SSSR count). The fourth-order valence-corrected chi connectivity index (χ4v) is 2.56. The molecule has 0 aliphatic rings. The van der Waals surface area contributed by atoms with Gasteiger partial charge < -0.3 is 5.73 Å². The minimum Gasteiger partial charge on any atom is -0.325 e. The van der Waals surface area contributed by atoms with Crippen molar-refractivity contribution in [3.05, 3.63) is 0 Å². The van der Waals surface area contributed by atoms with E-state index in [0.717, 1.165) is 0 Å². The Balaban J connectivity index is 0. The third-order valence-corrected chi connectivity index (χ3v) is 3.83. The summed E-state index contributed by atoms with van der Waals surface area (Å²) in [6.45, 7) is 6.81. The van der Waals surface area contributed by atoms with Crippen molar-refractivity contribution in [2.45, 2.75) is 103 Å². The van der Waals surface area contributed by atoms with Gasteiger partial charge in [-0.1, -0.05) is 78.6 Å². The predicted molar refractivity (Wildman–Crippen MR) is 94.8 cm³/mol. The van der Waals surface area contributed by atoms with Gasteiger partial charge in [-0.05, 0) is 19.3 Å². The summed E-state index contributed by atoms with van der Waals surface area (Å²) in [5.74, 6) is 0. The highest BCUT2D eigenvalue weighted by molar-refractivity contribution is 14.0. The van der Waals surface area contributed by atoms with E-state index >= 15 is 0 Å². The van der Waals surface area contributed by atoms with Crippen molar-refractivity contribution in [1.29, 1.82) is 0 Å². The highest BCUT2D eigenvalue weighted by Crippen LogP contribution is 2.25. The second-order valence-electron chi connectivity index (χ2n) is 5.73. The van der Waals surface area contributed by atoms with E-state index in [-0.39, 0.29) is 29.5 Å². The largest absolute Gasteiger partial charge is 0.325 e. The van der Waals surface area contributed by atoms with Gasteiger partial charge in [-0.2, -0.15) is 0 Å². The minimum atomic E-state index is 0. The molecule has 0 saturated carbocycles. The zero-order valence-electron chi connectivity index (χ0n) is 13.0. The molecule has 0 aromatic rings. The predicted octanol–water partition coefficient (Wildman–Crippen LogP) is 6.04. The van der Waals surface area contributed by atoms with Crippen LogP contribution < -0.4 is 5.73 Å². The maximum Gasteiger partial charge on any atom is 0.0154 e. The quantitative estimate of drug-likeness (QED) is 0.329. The molecule has 0 spiro atoms. The first-order valence-corrected chi connectivity index (χ1v) is 7.97. The van der Waals surface area contributed by atoms with E-state index < -0.39 is 0 Å². The smallest absolute Gasteiger partial charge is 0.0154 e. The van der Waals surface area contributed by atoms with Crippen molar-refractivity contribution < 1.29 is 0 Å². The standard InChI is InChI=1S/C16H35N.HI/c1-4-7-10-13-16(17,14-11-8-5-2)15-12-9-6-3;/h4-15,17H2,1-3H3;1H. The number of unbranched alkanes of at least 4 members (excludes halogenated alkanes) is 6. The minimum absolute atomic E-state index is 0. The molecule has 0 saturated heterocycles. The van der Waals surface area contributed by atoms with Crippen molar-refractivity contribution in [2.24, 2.45) is 5.73 Å². The molecule has 0 bridgehead atoms. The van der Waals surface area contributed by atoms with E-state index in [9.17, 15) is 0 Å². The molecule has 0 amide bonds. The Bertz CT molecular complexity index is 133. The van der Waals surface area contributed by atoms with Crippen LogP contribution in [0.25, 0.3) is 0 Å². The van der Waals surface area contributed by atoms with E-state index in [1.807, 2.05) is 0 Å². The first kappa shape index (κ1) is 21.0. The fraction of sp³-hybridized carbons (Fsp3) is 1.00. The SMILES string of the molecule is CCCCCC(N)(CCCCC)CCCCC.I. The van der Waals surface area contributed by atoms with Crippen LogP contribution in [0, 0.1) is 0 Å². The molecule has 0 fully saturated rings. The van der Waals surface area contributed by atoms with Gasteiger partial charge in [-0.15, -0.1) is 24.0 Å². The van der Waals surface area contributed by atoms with Gasteiger partial charge in [-0.25, -0.2) is 0 Å². The molecular weight excluding hydrogens is 333 g/mol. The molecule has 0 heterocycles. The van der Waals surface area contributed by atoms with Crippen molar-refractivity contribution in [1.82, 2.24) is 0 Å². The van der Waals surface area contributed by atoms with Crippen LogP contribution in [-0.4, -0.2) is 5.54 Å². The van der Waals surface area contributed by atoms with E-state index in [0.29, 0.717) is 0 Å². The summed E-state index contributed by atoms with van der Waals surface area (Å²) in [7, 11) is 0. The molecule has 0 aliphatic heterocycles. The second-order valence-corrected chi connectivity index (χ2v) is 5.73. The van der Waals surface area contributed by atoms with Crippen molar-refractivity contribution in [3.63, 3.8) is 0 Å². The maximum atomic E-state index is 6.62. The van der Waals surface area contributed by atoms with Crippen LogP contribution in [0.15, 0.2) is 0 Å². The Morgan fingerprint density at radius 1 is 0.611 bits per heavy atom. The van der Waals surface area contributed by atoms with Gasteiger partial charge in [0.15, 0.2) is 0 Å². The molecule has 112 valence electrons. The van der Waals surface area contributed by atoms with Gasteiger partial charge >= 0.3 is 0 Å². The van der Waals surface area contributed by atoms with E-state index in [2.05, 4.69) is 20.8 Å². The molecular formula is C16H36IN. The molecule has 0 unspecified atom stereocenters. The van der Waals surface area contributed by atoms with Crippen LogP contribution in [0.1, 0.15) is 97.8 Å². The van der Waals surface area contributed by atoms with Crippen LogP contribution in [-0.2, 0) is 0 Å². The lowest BCUT2D eigenvalue weighted by Gasteiger charge is -2.30. The summed E-state index contributed by atoms with van der Waals surface area (Å²) in [6, 6.07) is 0. The molecule has 0 aromatic carbocycles. The molecule has 0 atom stereocenters. The van der Waals surface area contributed by atoms with Gasteiger partial charge in [0.2, 0.25) is 0 Å². The van der Waals surface area contributed by atoms with Gasteiger partial charge in [0.05, 0.1) is 0 Å². The van der Waals surface area contributed by atoms with Crippen molar-refractivity contribution in [2.75, 3.05) is 0 Å². The molecule has 0 radical (unpaired) electrons. The number of halogens is 1. The van der Waals surface area contributed by atoms with Gasteiger partial charge in [0.25, 0.3) is 0 Å². The molecule has 2 N–H and O–H groups in total. The number of rotatable bonds is 12. The second kappa shape index (κ2) is 14.1. The van der Waals surface area contributed by atoms with Crippen molar-refractivity contribution >= 4 is 24.0 Å². The third kappa shape index (κ3) is 11.8. The Hall–Kier alpha value is 0.690. The zero-order valence-corrected chi connectivity index (χ0v) is 15.3. The van der Waals surface area contributed by atoms with Crippen LogP contribution in [0.2, 0.25) is 0 Å². The molecule has 0 aliphatic carbocycles. The summed E-state index contributed by atoms with van der Waals surface area (Å²) in [4.78, 5) is 0. The Labute approximate surface area is 133 Å². The van der Waals surface area contributed by atoms with Crippen molar-refractivity contribution in [3.8, 4) is 0 Å². The number of nitrogens with two attached hydrogens (primary N) is 1. The molecule has 1 nitrogen and oxygen atoms in total. The Morgan fingerprint density at radius 2 is 0.889 bits per heavy atom. The van der Waals surface area contributed by atoms with E-state index in [1.54, 1.807) is 0 Å². The highest BCUT2D eigenvalue weighted by atomic mass is 127.